The topological polar surface area (TPSA) is 107 Å². The van der Waals surface area contributed by atoms with Crippen LogP contribution in [0.25, 0.3) is 0 Å². The maximum absolute atomic E-state index is 9.64. The molecule has 0 spiro atoms. The Bertz CT molecular complexity index is 357. The Morgan fingerprint density at radius 2 is 1.58 bits per heavy atom. The van der Waals surface area contributed by atoms with Gasteiger partial charge >= 0.3 is 11.9 Å². The first-order valence-corrected chi connectivity index (χ1v) is 6.07. The largest absolute Gasteiger partial charge is 0.513 e. The van der Waals surface area contributed by atoms with E-state index in [0.29, 0.717) is 5.76 Å². The molecule has 0 unspecified atom stereocenters. The number of aliphatic carboxylic acids is 2. The molecule has 0 aromatic rings. The summed E-state index contributed by atoms with van der Waals surface area (Å²) in [5.74, 6) is -1.65. The van der Waals surface area contributed by atoms with Crippen LogP contribution in [0.5, 0.6) is 0 Å². The van der Waals surface area contributed by atoms with Crippen LogP contribution in [0.4, 0.5) is 0 Å². The maximum Gasteiger partial charge on any atom is 0.303 e. The van der Waals surface area contributed by atoms with E-state index in [-0.39, 0.29) is 23.9 Å². The molecule has 0 amide bonds. The number of hydrogen-bond donors (Lipinski definition) is 4. The van der Waals surface area contributed by atoms with E-state index >= 15 is 0 Å². The highest BCUT2D eigenvalue weighted by molar-refractivity contribution is 5.75. The summed E-state index contributed by atoms with van der Waals surface area (Å²) in [6, 6.07) is 0. The molecule has 0 fully saturated rings. The van der Waals surface area contributed by atoms with Gasteiger partial charge in [-0.2, -0.15) is 0 Å². The lowest BCUT2D eigenvalue weighted by molar-refractivity contribution is -0.143. The molecule has 0 atom stereocenters. The predicted octanol–water partition coefficient (Wildman–Crippen LogP) is 1.91. The molecule has 0 bridgehead atoms. The molecule has 1 aliphatic heterocycles. The Morgan fingerprint density at radius 3 is 1.84 bits per heavy atom. The monoisotopic (exact) mass is 273 g/mol. The van der Waals surface area contributed by atoms with E-state index in [2.05, 4.69) is 33.0 Å². The molecule has 0 aromatic heterocycles. The minimum absolute atomic E-state index is 0.0162. The van der Waals surface area contributed by atoms with E-state index in [1.54, 1.807) is 0 Å². The first kappa shape index (κ1) is 17.4. The quantitative estimate of drug-likeness (QED) is 0.626. The number of carbonyl (C=O) groups is 2. The molecular formula is C13H23NO5. The number of rotatable bonds is 3. The van der Waals surface area contributed by atoms with Crippen molar-refractivity contribution in [1.82, 2.24) is 5.32 Å². The molecule has 110 valence electrons. The van der Waals surface area contributed by atoms with Gasteiger partial charge in [0.05, 0.1) is 18.6 Å². The molecule has 0 radical (unpaired) electrons. The minimum atomic E-state index is -1.08. The molecular weight excluding hydrogens is 250 g/mol. The molecule has 1 rings (SSSR count). The van der Waals surface area contributed by atoms with Gasteiger partial charge in [0.1, 0.15) is 0 Å². The van der Waals surface area contributed by atoms with Crippen LogP contribution in [0, 0.1) is 0 Å². The lowest BCUT2D eigenvalue weighted by Gasteiger charge is -2.39. The van der Waals surface area contributed by atoms with E-state index < -0.39 is 11.9 Å². The number of carboxylic acid groups (broad SMARTS) is 2. The summed E-state index contributed by atoms with van der Waals surface area (Å²) in [6.45, 7) is 8.31. The average molecular weight is 273 g/mol. The third-order valence-electron chi connectivity index (χ3n) is 2.36. The van der Waals surface area contributed by atoms with E-state index in [1.165, 1.54) is 0 Å². The maximum atomic E-state index is 9.64. The molecule has 0 saturated heterocycles. The molecule has 1 heterocycles. The fraction of sp³-hybridized carbons (Fsp3) is 0.692. The van der Waals surface area contributed by atoms with Gasteiger partial charge in [-0.1, -0.05) is 0 Å². The second-order valence-corrected chi connectivity index (χ2v) is 5.83. The van der Waals surface area contributed by atoms with Gasteiger partial charge < -0.3 is 20.6 Å². The Morgan fingerprint density at radius 1 is 1.16 bits per heavy atom. The van der Waals surface area contributed by atoms with Gasteiger partial charge in [-0.3, -0.25) is 9.59 Å². The Hall–Kier alpha value is -1.56. The first-order valence-electron chi connectivity index (χ1n) is 6.07. The summed E-state index contributed by atoms with van der Waals surface area (Å²) in [6.07, 6.45) is 2.00. The van der Waals surface area contributed by atoms with E-state index in [4.69, 9.17) is 10.2 Å². The second-order valence-electron chi connectivity index (χ2n) is 5.83. The van der Waals surface area contributed by atoms with Gasteiger partial charge in [-0.05, 0) is 33.8 Å². The highest BCUT2D eigenvalue weighted by atomic mass is 16.4. The van der Waals surface area contributed by atoms with E-state index in [0.717, 1.165) is 6.42 Å². The standard InChI is InChI=1S/C9H17NO.C4H6O4/c1-8(2)5-7(11)6-9(3,4)10-8;5-3(6)1-2-4(7)8/h5,10-11H,6H2,1-4H3;1-2H2,(H,5,6)(H,7,8). The fourth-order valence-corrected chi connectivity index (χ4v) is 2.09. The molecule has 6 nitrogen and oxygen atoms in total. The van der Waals surface area contributed by atoms with Crippen LogP contribution in [-0.2, 0) is 9.59 Å². The van der Waals surface area contributed by atoms with Crippen molar-refractivity contribution >= 4 is 11.9 Å². The lowest BCUT2D eigenvalue weighted by Crippen LogP contribution is -2.54. The van der Waals surface area contributed by atoms with Gasteiger partial charge in [0, 0.05) is 17.5 Å². The number of aliphatic hydroxyl groups excluding tert-OH is 1. The van der Waals surface area contributed by atoms with Crippen LogP contribution in [0.3, 0.4) is 0 Å². The van der Waals surface area contributed by atoms with Gasteiger partial charge in [-0.15, -0.1) is 0 Å². The number of nitrogens with one attached hydrogen (secondary N) is 1. The number of carboxylic acids is 2. The van der Waals surface area contributed by atoms with E-state index in [1.807, 2.05) is 6.08 Å². The normalized spacial score (nSPS) is 19.7. The van der Waals surface area contributed by atoms with Crippen molar-refractivity contribution in [2.24, 2.45) is 0 Å². The zero-order valence-corrected chi connectivity index (χ0v) is 11.9. The van der Waals surface area contributed by atoms with Crippen LogP contribution in [0.2, 0.25) is 0 Å². The first-order chi connectivity index (χ1) is 8.43. The van der Waals surface area contributed by atoms with Gasteiger partial charge in [0.15, 0.2) is 0 Å². The molecule has 6 heteroatoms. The molecule has 19 heavy (non-hydrogen) atoms. The van der Waals surface area contributed by atoms with Crippen LogP contribution in [0.1, 0.15) is 47.0 Å². The molecule has 4 N–H and O–H groups in total. The summed E-state index contributed by atoms with van der Waals surface area (Å²) < 4.78 is 0. The SMILES string of the molecule is CC1(C)C=C(O)CC(C)(C)N1.O=C(O)CCC(=O)O. The number of aliphatic hydroxyl groups is 1. The molecule has 0 aliphatic carbocycles. The van der Waals surface area contributed by atoms with Crippen LogP contribution < -0.4 is 5.32 Å². The Kier molecular flexibility index (Phi) is 6.02. The van der Waals surface area contributed by atoms with Crippen molar-refractivity contribution < 1.29 is 24.9 Å². The third-order valence-corrected chi connectivity index (χ3v) is 2.36. The van der Waals surface area contributed by atoms with Crippen LogP contribution >= 0.6 is 0 Å². The highest BCUT2D eigenvalue weighted by Crippen LogP contribution is 2.25. The fourth-order valence-electron chi connectivity index (χ4n) is 2.09. The van der Waals surface area contributed by atoms with Crippen molar-refractivity contribution in [1.29, 1.82) is 0 Å². The van der Waals surface area contributed by atoms with Crippen LogP contribution in [-0.4, -0.2) is 38.3 Å². The second kappa shape index (κ2) is 6.56. The summed E-state index contributed by atoms with van der Waals surface area (Å²) in [5.41, 5.74) is -0.0613. The highest BCUT2D eigenvalue weighted by Gasteiger charge is 2.31. The van der Waals surface area contributed by atoms with Crippen LogP contribution in [0.15, 0.2) is 11.8 Å². The Balaban J connectivity index is 0.000000362. The lowest BCUT2D eigenvalue weighted by atomic mass is 9.87. The third kappa shape index (κ3) is 9.07. The number of hydrogen-bond acceptors (Lipinski definition) is 4. The van der Waals surface area contributed by atoms with Crippen molar-refractivity contribution in [2.45, 2.75) is 58.0 Å². The zero-order valence-electron chi connectivity index (χ0n) is 11.9. The summed E-state index contributed by atoms with van der Waals surface area (Å²) in [7, 11) is 0. The summed E-state index contributed by atoms with van der Waals surface area (Å²) in [5, 5.41) is 28.6. The summed E-state index contributed by atoms with van der Waals surface area (Å²) >= 11 is 0. The smallest absolute Gasteiger partial charge is 0.303 e. The van der Waals surface area contributed by atoms with Crippen molar-refractivity contribution in [3.63, 3.8) is 0 Å². The molecule has 0 aromatic carbocycles. The zero-order chi connectivity index (χ0) is 15.3. The van der Waals surface area contributed by atoms with Gasteiger partial charge in [-0.25, -0.2) is 0 Å². The van der Waals surface area contributed by atoms with Gasteiger partial charge in [0.25, 0.3) is 0 Å². The predicted molar refractivity (Wildman–Crippen MR) is 71.1 cm³/mol. The van der Waals surface area contributed by atoms with Crippen molar-refractivity contribution in [3.05, 3.63) is 11.8 Å². The summed E-state index contributed by atoms with van der Waals surface area (Å²) in [4.78, 5) is 19.3. The van der Waals surface area contributed by atoms with E-state index in [9.17, 15) is 14.7 Å². The van der Waals surface area contributed by atoms with Gasteiger partial charge in [0.2, 0.25) is 0 Å². The average Bonchev–Trinajstić information content (AvgIpc) is 2.09. The Labute approximate surface area is 113 Å². The van der Waals surface area contributed by atoms with Crippen molar-refractivity contribution in [3.8, 4) is 0 Å². The van der Waals surface area contributed by atoms with Crippen molar-refractivity contribution in [2.75, 3.05) is 0 Å². The molecule has 1 aliphatic rings. The molecule has 0 saturated carbocycles. The minimum Gasteiger partial charge on any atom is -0.513 e.